The van der Waals surface area contributed by atoms with E-state index < -0.39 is 0 Å². The molecule has 0 saturated carbocycles. The first-order chi connectivity index (χ1) is 10.2. The number of nitrogens with one attached hydrogen (secondary N) is 1. The molecule has 1 atom stereocenters. The number of ether oxygens (including phenoxy) is 1. The van der Waals surface area contributed by atoms with Crippen molar-refractivity contribution in [1.82, 2.24) is 10.3 Å². The third kappa shape index (κ3) is 3.79. The SMILES string of the molecule is CCCNC(c1cncc(OC)c1)c1ccc(F)c(C)c1. The molecular formula is C17H21FN2O. The highest BCUT2D eigenvalue weighted by Gasteiger charge is 2.15. The van der Waals surface area contributed by atoms with E-state index in [0.717, 1.165) is 29.8 Å². The van der Waals surface area contributed by atoms with Crippen molar-refractivity contribution in [2.45, 2.75) is 26.3 Å². The number of aryl methyl sites for hydroxylation is 1. The first-order valence-electron chi connectivity index (χ1n) is 7.14. The summed E-state index contributed by atoms with van der Waals surface area (Å²) in [6.07, 6.45) is 4.51. The summed E-state index contributed by atoms with van der Waals surface area (Å²) >= 11 is 0. The van der Waals surface area contributed by atoms with Crippen molar-refractivity contribution in [3.8, 4) is 5.75 Å². The van der Waals surface area contributed by atoms with Crippen molar-refractivity contribution < 1.29 is 9.13 Å². The van der Waals surface area contributed by atoms with Crippen LogP contribution in [0.25, 0.3) is 0 Å². The molecule has 0 spiro atoms. The molecule has 0 radical (unpaired) electrons. The van der Waals surface area contributed by atoms with E-state index in [4.69, 9.17) is 4.74 Å². The zero-order chi connectivity index (χ0) is 15.2. The van der Waals surface area contributed by atoms with Crippen molar-refractivity contribution in [2.24, 2.45) is 0 Å². The maximum atomic E-state index is 13.5. The summed E-state index contributed by atoms with van der Waals surface area (Å²) in [5.74, 6) is 0.534. The van der Waals surface area contributed by atoms with Gasteiger partial charge >= 0.3 is 0 Å². The van der Waals surface area contributed by atoms with Gasteiger partial charge in [-0.3, -0.25) is 4.98 Å². The number of pyridine rings is 1. The lowest BCUT2D eigenvalue weighted by atomic mass is 9.98. The van der Waals surface area contributed by atoms with E-state index in [-0.39, 0.29) is 11.9 Å². The Morgan fingerprint density at radius 3 is 2.71 bits per heavy atom. The summed E-state index contributed by atoms with van der Waals surface area (Å²) in [5, 5.41) is 3.48. The van der Waals surface area contributed by atoms with Crippen LogP contribution in [-0.2, 0) is 0 Å². The maximum Gasteiger partial charge on any atom is 0.137 e. The van der Waals surface area contributed by atoms with Gasteiger partial charge in [-0.25, -0.2) is 4.39 Å². The molecule has 0 amide bonds. The van der Waals surface area contributed by atoms with Gasteiger partial charge < -0.3 is 10.1 Å². The minimum atomic E-state index is -0.184. The van der Waals surface area contributed by atoms with Gasteiger partial charge in [-0.1, -0.05) is 19.1 Å². The normalized spacial score (nSPS) is 12.2. The van der Waals surface area contributed by atoms with Crippen molar-refractivity contribution in [3.63, 3.8) is 0 Å². The molecule has 2 rings (SSSR count). The lowest BCUT2D eigenvalue weighted by Crippen LogP contribution is -2.23. The zero-order valence-corrected chi connectivity index (χ0v) is 12.7. The smallest absolute Gasteiger partial charge is 0.137 e. The molecule has 1 N–H and O–H groups in total. The molecule has 21 heavy (non-hydrogen) atoms. The van der Waals surface area contributed by atoms with E-state index in [1.807, 2.05) is 24.4 Å². The highest BCUT2D eigenvalue weighted by atomic mass is 19.1. The summed E-state index contributed by atoms with van der Waals surface area (Å²) in [5.41, 5.74) is 2.68. The topological polar surface area (TPSA) is 34.2 Å². The number of benzene rings is 1. The number of rotatable bonds is 6. The number of methoxy groups -OCH3 is 1. The van der Waals surface area contributed by atoms with Crippen molar-refractivity contribution >= 4 is 0 Å². The molecule has 1 aromatic carbocycles. The lowest BCUT2D eigenvalue weighted by Gasteiger charge is -2.20. The second kappa shape index (κ2) is 7.18. The highest BCUT2D eigenvalue weighted by Crippen LogP contribution is 2.25. The molecule has 0 fully saturated rings. The van der Waals surface area contributed by atoms with Gasteiger partial charge in [0.15, 0.2) is 0 Å². The fourth-order valence-electron chi connectivity index (χ4n) is 2.27. The van der Waals surface area contributed by atoms with Crippen LogP contribution in [-0.4, -0.2) is 18.6 Å². The predicted molar refractivity (Wildman–Crippen MR) is 82.1 cm³/mol. The van der Waals surface area contributed by atoms with Gasteiger partial charge in [0.1, 0.15) is 11.6 Å². The molecule has 0 aliphatic heterocycles. The number of hydrogen-bond acceptors (Lipinski definition) is 3. The number of hydrogen-bond donors (Lipinski definition) is 1. The van der Waals surface area contributed by atoms with Gasteiger partial charge in [0.25, 0.3) is 0 Å². The summed E-state index contributed by atoms with van der Waals surface area (Å²) in [7, 11) is 1.62. The molecule has 0 aliphatic rings. The Balaban J connectivity index is 2.38. The summed E-state index contributed by atoms with van der Waals surface area (Å²) in [6, 6.07) is 7.14. The van der Waals surface area contributed by atoms with Gasteiger partial charge in [-0.2, -0.15) is 0 Å². The summed E-state index contributed by atoms with van der Waals surface area (Å²) < 4.78 is 18.7. The molecule has 0 aliphatic carbocycles. The minimum Gasteiger partial charge on any atom is -0.495 e. The Kier molecular flexibility index (Phi) is 5.28. The van der Waals surface area contributed by atoms with Gasteiger partial charge in [-0.15, -0.1) is 0 Å². The van der Waals surface area contributed by atoms with Gasteiger partial charge in [0, 0.05) is 6.20 Å². The molecule has 4 heteroatoms. The largest absolute Gasteiger partial charge is 0.495 e. The molecule has 0 saturated heterocycles. The third-order valence-electron chi connectivity index (χ3n) is 3.42. The second-order valence-electron chi connectivity index (χ2n) is 5.05. The van der Waals surface area contributed by atoms with Crippen molar-refractivity contribution in [3.05, 3.63) is 59.2 Å². The van der Waals surface area contributed by atoms with E-state index >= 15 is 0 Å². The standard InChI is InChI=1S/C17H21FN2O/c1-4-7-20-17(13-5-6-16(18)12(2)8-13)14-9-15(21-3)11-19-10-14/h5-6,8-11,17,20H,4,7H2,1-3H3. The number of aromatic nitrogens is 1. The van der Waals surface area contributed by atoms with Crippen molar-refractivity contribution in [2.75, 3.05) is 13.7 Å². The monoisotopic (exact) mass is 288 g/mol. The van der Waals surface area contributed by atoms with Crippen LogP contribution in [0.15, 0.2) is 36.7 Å². The average Bonchev–Trinajstić information content (AvgIpc) is 2.51. The van der Waals surface area contributed by atoms with E-state index in [9.17, 15) is 4.39 Å². The van der Waals surface area contributed by atoms with Crippen LogP contribution in [0.3, 0.4) is 0 Å². The second-order valence-corrected chi connectivity index (χ2v) is 5.05. The van der Waals surface area contributed by atoms with Gasteiger partial charge in [0.05, 0.1) is 19.3 Å². The molecule has 112 valence electrons. The van der Waals surface area contributed by atoms with Crippen LogP contribution >= 0.6 is 0 Å². The minimum absolute atomic E-state index is 0.0214. The van der Waals surface area contributed by atoms with Gasteiger partial charge in [-0.05, 0) is 48.7 Å². The Morgan fingerprint density at radius 1 is 1.24 bits per heavy atom. The van der Waals surface area contributed by atoms with Gasteiger partial charge in [0.2, 0.25) is 0 Å². The van der Waals surface area contributed by atoms with E-state index in [1.54, 1.807) is 20.2 Å². The van der Waals surface area contributed by atoms with E-state index in [1.165, 1.54) is 6.07 Å². The van der Waals surface area contributed by atoms with Crippen LogP contribution in [0.5, 0.6) is 5.75 Å². The third-order valence-corrected chi connectivity index (χ3v) is 3.42. The Morgan fingerprint density at radius 2 is 2.05 bits per heavy atom. The number of nitrogens with zero attached hydrogens (tertiary/aromatic N) is 1. The van der Waals surface area contributed by atoms with E-state index in [2.05, 4.69) is 17.2 Å². The Hall–Kier alpha value is -1.94. The van der Waals surface area contributed by atoms with Crippen LogP contribution in [0.4, 0.5) is 4.39 Å². The van der Waals surface area contributed by atoms with Crippen LogP contribution in [0, 0.1) is 12.7 Å². The molecule has 1 unspecified atom stereocenters. The van der Waals surface area contributed by atoms with Crippen LogP contribution in [0.2, 0.25) is 0 Å². The molecular weight excluding hydrogens is 267 g/mol. The fraction of sp³-hybridized carbons (Fsp3) is 0.353. The molecule has 0 bridgehead atoms. The average molecular weight is 288 g/mol. The fourth-order valence-corrected chi connectivity index (χ4v) is 2.27. The number of halogens is 1. The van der Waals surface area contributed by atoms with Crippen LogP contribution < -0.4 is 10.1 Å². The van der Waals surface area contributed by atoms with E-state index in [0.29, 0.717) is 5.56 Å². The lowest BCUT2D eigenvalue weighted by molar-refractivity contribution is 0.411. The molecule has 1 aromatic heterocycles. The Labute approximate surface area is 125 Å². The first-order valence-corrected chi connectivity index (χ1v) is 7.14. The van der Waals surface area contributed by atoms with Crippen LogP contribution in [0.1, 0.15) is 36.1 Å². The van der Waals surface area contributed by atoms with Crippen molar-refractivity contribution in [1.29, 1.82) is 0 Å². The summed E-state index contributed by atoms with van der Waals surface area (Å²) in [4.78, 5) is 4.21. The molecule has 3 nitrogen and oxygen atoms in total. The maximum absolute atomic E-state index is 13.5. The quantitative estimate of drug-likeness (QED) is 0.881. The first kappa shape index (κ1) is 15.4. The zero-order valence-electron chi connectivity index (χ0n) is 12.7. The molecule has 2 aromatic rings. The highest BCUT2D eigenvalue weighted by molar-refractivity contribution is 5.36. The predicted octanol–water partition coefficient (Wildman–Crippen LogP) is 3.63. The molecule has 1 heterocycles. The summed E-state index contributed by atoms with van der Waals surface area (Å²) in [6.45, 7) is 4.77. The Bertz CT molecular complexity index is 601.